The maximum absolute atomic E-state index is 12.2. The molecule has 1 atom stereocenters. The lowest BCUT2D eigenvalue weighted by atomic mass is 10.1. The van der Waals surface area contributed by atoms with Crippen molar-refractivity contribution in [3.8, 4) is 5.75 Å². The molecule has 1 fully saturated rings. The predicted molar refractivity (Wildman–Crippen MR) is 96.0 cm³/mol. The summed E-state index contributed by atoms with van der Waals surface area (Å²) < 4.78 is 6.93. The van der Waals surface area contributed by atoms with E-state index in [1.165, 1.54) is 12.8 Å². The van der Waals surface area contributed by atoms with Gasteiger partial charge in [-0.15, -0.1) is 5.10 Å². The third-order valence-corrected chi connectivity index (χ3v) is 4.44. The Morgan fingerprint density at radius 3 is 3.16 bits per heavy atom. The van der Waals surface area contributed by atoms with Crippen LogP contribution in [-0.4, -0.2) is 40.6 Å². The van der Waals surface area contributed by atoms with Gasteiger partial charge in [0.1, 0.15) is 5.75 Å². The Kier molecular flexibility index (Phi) is 5.88. The van der Waals surface area contributed by atoms with Crippen molar-refractivity contribution in [1.82, 2.24) is 20.3 Å². The molecule has 0 saturated carbocycles. The van der Waals surface area contributed by atoms with Gasteiger partial charge in [-0.1, -0.05) is 16.8 Å². The largest absolute Gasteiger partial charge is 0.495 e. The number of carbonyl (C=O) groups excluding carboxylic acids is 1. The van der Waals surface area contributed by atoms with Gasteiger partial charge >= 0.3 is 0 Å². The molecule has 2 heterocycles. The second-order valence-electron chi connectivity index (χ2n) is 6.11. The van der Waals surface area contributed by atoms with Crippen LogP contribution in [0, 0.1) is 0 Å². The fourth-order valence-corrected chi connectivity index (χ4v) is 3.10. The summed E-state index contributed by atoms with van der Waals surface area (Å²) in [5.41, 5.74) is 1.52. The lowest BCUT2D eigenvalue weighted by Crippen LogP contribution is -2.23. The van der Waals surface area contributed by atoms with Crippen LogP contribution in [0.15, 0.2) is 24.4 Å². The highest BCUT2D eigenvalue weighted by Crippen LogP contribution is 2.27. The Morgan fingerprint density at radius 1 is 1.52 bits per heavy atom. The Labute approximate surface area is 151 Å². The van der Waals surface area contributed by atoms with E-state index >= 15 is 0 Å². The highest BCUT2D eigenvalue weighted by Gasteiger charge is 2.16. The number of benzene rings is 1. The van der Waals surface area contributed by atoms with Gasteiger partial charge in [0.2, 0.25) is 5.91 Å². The van der Waals surface area contributed by atoms with E-state index in [0.29, 0.717) is 35.5 Å². The van der Waals surface area contributed by atoms with Gasteiger partial charge in [-0.25, -0.2) is 0 Å². The van der Waals surface area contributed by atoms with Gasteiger partial charge in [-0.2, -0.15) is 0 Å². The van der Waals surface area contributed by atoms with Gasteiger partial charge in [-0.3, -0.25) is 9.48 Å². The van der Waals surface area contributed by atoms with Crippen molar-refractivity contribution in [2.75, 3.05) is 19.0 Å². The smallest absolute Gasteiger partial charge is 0.226 e. The minimum atomic E-state index is -0.130. The molecule has 1 aliphatic rings. The summed E-state index contributed by atoms with van der Waals surface area (Å²) in [6.07, 6.45) is 5.47. The lowest BCUT2D eigenvalue weighted by Gasteiger charge is -2.10. The van der Waals surface area contributed by atoms with Crippen LogP contribution in [0.25, 0.3) is 0 Å². The van der Waals surface area contributed by atoms with Crippen LogP contribution in [0.2, 0.25) is 5.02 Å². The maximum Gasteiger partial charge on any atom is 0.226 e. The number of hydrogen-bond donors (Lipinski definition) is 2. The van der Waals surface area contributed by atoms with Crippen molar-refractivity contribution in [1.29, 1.82) is 0 Å². The topological polar surface area (TPSA) is 81.1 Å². The molecule has 0 spiro atoms. The Hall–Kier alpha value is -2.12. The molecule has 0 aliphatic carbocycles. The predicted octanol–water partition coefficient (Wildman–Crippen LogP) is 2.26. The van der Waals surface area contributed by atoms with Crippen molar-refractivity contribution >= 4 is 23.2 Å². The molecule has 1 amide bonds. The highest BCUT2D eigenvalue weighted by molar-refractivity contribution is 6.31. The van der Waals surface area contributed by atoms with Gasteiger partial charge in [0.15, 0.2) is 0 Å². The van der Waals surface area contributed by atoms with Gasteiger partial charge in [0.05, 0.1) is 25.0 Å². The fourth-order valence-electron chi connectivity index (χ4n) is 2.93. The number of nitrogens with zero attached hydrogens (tertiary/aromatic N) is 3. The first-order valence-electron chi connectivity index (χ1n) is 8.40. The number of hydrogen-bond acceptors (Lipinski definition) is 5. The van der Waals surface area contributed by atoms with Crippen molar-refractivity contribution in [2.45, 2.75) is 38.3 Å². The molecule has 0 bridgehead atoms. The van der Waals surface area contributed by atoms with Crippen LogP contribution in [-0.2, 0) is 17.8 Å². The molecule has 3 rings (SSSR count). The Balaban J connectivity index is 1.50. The van der Waals surface area contributed by atoms with Gasteiger partial charge < -0.3 is 15.4 Å². The molecule has 7 nitrogen and oxygen atoms in total. The zero-order chi connectivity index (χ0) is 17.6. The van der Waals surface area contributed by atoms with Crippen LogP contribution in [0.1, 0.15) is 25.0 Å². The molecule has 134 valence electrons. The van der Waals surface area contributed by atoms with Crippen molar-refractivity contribution in [3.63, 3.8) is 0 Å². The van der Waals surface area contributed by atoms with Gasteiger partial charge in [0.25, 0.3) is 0 Å². The van der Waals surface area contributed by atoms with Crippen molar-refractivity contribution in [3.05, 3.63) is 35.1 Å². The molecule has 1 unspecified atom stereocenters. The first kappa shape index (κ1) is 17.7. The van der Waals surface area contributed by atoms with Crippen molar-refractivity contribution < 1.29 is 9.53 Å². The van der Waals surface area contributed by atoms with Crippen LogP contribution in [0.3, 0.4) is 0 Å². The van der Waals surface area contributed by atoms with E-state index in [4.69, 9.17) is 16.3 Å². The summed E-state index contributed by atoms with van der Waals surface area (Å²) >= 11 is 5.97. The van der Waals surface area contributed by atoms with E-state index in [9.17, 15) is 4.79 Å². The molecule has 25 heavy (non-hydrogen) atoms. The number of aryl methyl sites for hydroxylation is 1. The summed E-state index contributed by atoms with van der Waals surface area (Å²) in [7, 11) is 1.55. The number of amides is 1. The zero-order valence-corrected chi connectivity index (χ0v) is 14.9. The normalized spacial score (nSPS) is 16.8. The number of rotatable bonds is 7. The number of anilines is 1. The molecule has 0 radical (unpaired) electrons. The first-order valence-corrected chi connectivity index (χ1v) is 8.77. The second-order valence-corrected chi connectivity index (χ2v) is 6.55. The Morgan fingerprint density at radius 2 is 2.40 bits per heavy atom. The van der Waals surface area contributed by atoms with E-state index in [1.807, 2.05) is 6.20 Å². The summed E-state index contributed by atoms with van der Waals surface area (Å²) in [5, 5.41) is 15.1. The minimum Gasteiger partial charge on any atom is -0.495 e. The average Bonchev–Trinajstić information content (AvgIpc) is 3.26. The molecule has 2 N–H and O–H groups in total. The number of nitrogens with one attached hydrogen (secondary N) is 2. The minimum absolute atomic E-state index is 0.130. The van der Waals surface area contributed by atoms with Gasteiger partial charge in [0, 0.05) is 30.1 Å². The summed E-state index contributed by atoms with van der Waals surface area (Å²) in [6.45, 7) is 1.55. The molecular formula is C17H22ClN5O2. The van der Waals surface area contributed by atoms with Crippen LogP contribution in [0.4, 0.5) is 5.69 Å². The van der Waals surface area contributed by atoms with Gasteiger partial charge in [-0.05, 0) is 37.6 Å². The molecular weight excluding hydrogens is 342 g/mol. The first-order chi connectivity index (χ1) is 12.1. The molecule has 1 aromatic heterocycles. The maximum atomic E-state index is 12.2. The number of methoxy groups -OCH3 is 1. The summed E-state index contributed by atoms with van der Waals surface area (Å²) in [5.74, 6) is 0.444. The zero-order valence-electron chi connectivity index (χ0n) is 14.2. The third kappa shape index (κ3) is 4.93. The van der Waals surface area contributed by atoms with E-state index in [1.54, 1.807) is 30.0 Å². The molecule has 1 saturated heterocycles. The molecule has 8 heteroatoms. The van der Waals surface area contributed by atoms with E-state index in [0.717, 1.165) is 18.7 Å². The standard InChI is InChI=1S/C17H22ClN5O2/c1-25-16-5-4-12(18)9-15(16)20-17(24)6-8-23-11-14(21-22-23)10-13-3-2-7-19-13/h4-5,9,11,13,19H,2-3,6-8,10H2,1H3,(H,20,24). The SMILES string of the molecule is COc1ccc(Cl)cc1NC(=O)CCn1cc(CC2CCCN2)nn1. The molecule has 1 aliphatic heterocycles. The van der Waals surface area contributed by atoms with E-state index < -0.39 is 0 Å². The summed E-state index contributed by atoms with van der Waals surface area (Å²) in [6, 6.07) is 5.59. The van der Waals surface area contributed by atoms with E-state index in [2.05, 4.69) is 20.9 Å². The quantitative estimate of drug-likeness (QED) is 0.788. The fraction of sp³-hybridized carbons (Fsp3) is 0.471. The lowest BCUT2D eigenvalue weighted by molar-refractivity contribution is -0.116. The number of aromatic nitrogens is 3. The van der Waals surface area contributed by atoms with Crippen molar-refractivity contribution in [2.24, 2.45) is 0 Å². The average molecular weight is 364 g/mol. The van der Waals surface area contributed by atoms with Crippen LogP contribution in [0.5, 0.6) is 5.75 Å². The number of ether oxygens (including phenoxy) is 1. The third-order valence-electron chi connectivity index (χ3n) is 4.21. The number of carbonyl (C=O) groups is 1. The summed E-state index contributed by atoms with van der Waals surface area (Å²) in [4.78, 5) is 12.2. The molecule has 1 aromatic carbocycles. The van der Waals surface area contributed by atoms with Crippen LogP contribution >= 0.6 is 11.6 Å². The van der Waals surface area contributed by atoms with E-state index in [-0.39, 0.29) is 5.91 Å². The Bertz CT molecular complexity index is 728. The second kappa shape index (κ2) is 8.31. The molecule has 2 aromatic rings. The monoisotopic (exact) mass is 363 g/mol. The van der Waals surface area contributed by atoms with Crippen LogP contribution < -0.4 is 15.4 Å². The number of halogens is 1. The highest BCUT2D eigenvalue weighted by atomic mass is 35.5.